The quantitative estimate of drug-likeness (QED) is 0.143. The Balaban J connectivity index is 1.14. The Morgan fingerprint density at radius 1 is 0.675 bits per heavy atom. The molecule has 198 valence electrons. The van der Waals surface area contributed by atoms with E-state index in [4.69, 9.17) is 9.47 Å². The molecule has 5 aromatic rings. The van der Waals surface area contributed by atoms with E-state index in [1.165, 1.54) is 36.9 Å². The Bertz CT molecular complexity index is 1590. The predicted molar refractivity (Wildman–Crippen MR) is 161 cm³/mol. The van der Waals surface area contributed by atoms with E-state index >= 15 is 0 Å². The molecule has 0 N–H and O–H groups in total. The van der Waals surface area contributed by atoms with Crippen LogP contribution in [0.3, 0.4) is 0 Å². The minimum Gasteiger partial charge on any atom is -0.482 e. The van der Waals surface area contributed by atoms with Gasteiger partial charge in [0.05, 0.1) is 10.9 Å². The van der Waals surface area contributed by atoms with E-state index in [-0.39, 0.29) is 17.5 Å². The summed E-state index contributed by atoms with van der Waals surface area (Å²) in [5, 5.41) is 0. The highest BCUT2D eigenvalue weighted by Crippen LogP contribution is 2.42. The number of fused-ring (bicyclic) bond motifs is 3. The highest BCUT2D eigenvalue weighted by molar-refractivity contribution is 7.97. The molecule has 6 rings (SSSR count). The summed E-state index contributed by atoms with van der Waals surface area (Å²) in [5.74, 6) is 0.245. The molecule has 0 fully saturated rings. The lowest BCUT2D eigenvalue weighted by molar-refractivity contribution is -0.159. The van der Waals surface area contributed by atoms with Crippen LogP contribution in [0.15, 0.2) is 142 Å². The van der Waals surface area contributed by atoms with Crippen molar-refractivity contribution >= 4 is 16.9 Å². The average molecular weight is 544 g/mol. The Labute approximate surface area is 238 Å². The summed E-state index contributed by atoms with van der Waals surface area (Å²) in [7, 11) is -0.232. The lowest BCUT2D eigenvalue weighted by Gasteiger charge is -2.28. The number of benzene rings is 5. The van der Waals surface area contributed by atoms with Crippen molar-refractivity contribution in [1.82, 2.24) is 0 Å². The van der Waals surface area contributed by atoms with Crippen molar-refractivity contribution in [3.63, 3.8) is 0 Å². The van der Waals surface area contributed by atoms with Crippen molar-refractivity contribution in [2.45, 2.75) is 40.6 Å². The van der Waals surface area contributed by atoms with Gasteiger partial charge in [0, 0.05) is 0 Å². The average Bonchev–Trinajstić information content (AvgIpc) is 3.37. The van der Waals surface area contributed by atoms with Crippen LogP contribution < -0.4 is 4.74 Å². The van der Waals surface area contributed by atoms with Gasteiger partial charge in [-0.2, -0.15) is 0 Å². The minimum absolute atomic E-state index is 0.152. The number of rotatable bonds is 8. The molecule has 1 aliphatic carbocycles. The van der Waals surface area contributed by atoms with E-state index in [9.17, 15) is 4.79 Å². The number of hydrogen-bond acceptors (Lipinski definition) is 3. The molecule has 5 aromatic carbocycles. The van der Waals surface area contributed by atoms with Crippen molar-refractivity contribution in [2.24, 2.45) is 0 Å². The van der Waals surface area contributed by atoms with Gasteiger partial charge in [-0.25, -0.2) is 4.79 Å². The van der Waals surface area contributed by atoms with Crippen LogP contribution in [0.2, 0.25) is 0 Å². The molecular weight excluding hydrogens is 512 g/mol. The summed E-state index contributed by atoms with van der Waals surface area (Å²) in [6.45, 7) is 3.75. The first-order valence-electron chi connectivity index (χ1n) is 13.5. The van der Waals surface area contributed by atoms with E-state index in [1.54, 1.807) is 0 Å². The third kappa shape index (κ3) is 5.28. The molecule has 0 amide bonds. The molecule has 0 spiro atoms. The molecule has 0 aliphatic heterocycles. The summed E-state index contributed by atoms with van der Waals surface area (Å²) >= 11 is 0. The van der Waals surface area contributed by atoms with Gasteiger partial charge in [-0.1, -0.05) is 78.9 Å². The highest BCUT2D eigenvalue weighted by atomic mass is 32.2. The third-order valence-corrected chi connectivity index (χ3v) is 9.47. The van der Waals surface area contributed by atoms with Crippen molar-refractivity contribution in [1.29, 1.82) is 0 Å². The molecule has 4 heteroatoms. The van der Waals surface area contributed by atoms with Crippen molar-refractivity contribution < 1.29 is 14.3 Å². The van der Waals surface area contributed by atoms with Crippen LogP contribution in [-0.4, -0.2) is 12.6 Å². The Hall–Kier alpha value is -4.28. The lowest BCUT2D eigenvalue weighted by atomic mass is 9.90. The predicted octanol–water partition coefficient (Wildman–Crippen LogP) is 8.21. The number of hydrogen-bond donors (Lipinski definition) is 0. The van der Waals surface area contributed by atoms with Crippen LogP contribution >= 0.6 is 0 Å². The standard InChI is InChI=1S/C36H31O3S/c1-36(2,34-19-11-18-32-31-17-10-9-12-26(31)24-33(32)34)39-35(37)25-38-27-20-22-30(23-21-27)40(28-13-5-3-6-14-28)29-15-7-4-8-16-29/h3-23H,24-25H2,1-2H3/q+1. The van der Waals surface area contributed by atoms with Gasteiger partial charge < -0.3 is 9.47 Å². The van der Waals surface area contributed by atoms with Gasteiger partial charge in [-0.05, 0) is 96.6 Å². The Kier molecular flexibility index (Phi) is 7.19. The van der Waals surface area contributed by atoms with Crippen LogP contribution in [0.4, 0.5) is 0 Å². The Morgan fingerprint density at radius 2 is 1.25 bits per heavy atom. The lowest BCUT2D eigenvalue weighted by Crippen LogP contribution is -2.29. The summed E-state index contributed by atoms with van der Waals surface area (Å²) < 4.78 is 11.9. The molecular formula is C36H31O3S+. The highest BCUT2D eigenvalue weighted by Gasteiger charge is 2.32. The number of esters is 1. The maximum atomic E-state index is 12.9. The number of ether oxygens (including phenoxy) is 2. The molecule has 0 saturated carbocycles. The molecule has 0 unspecified atom stereocenters. The van der Waals surface area contributed by atoms with Gasteiger partial charge in [0.15, 0.2) is 21.3 Å². The van der Waals surface area contributed by atoms with Gasteiger partial charge in [-0.3, -0.25) is 0 Å². The smallest absolute Gasteiger partial charge is 0.345 e. The largest absolute Gasteiger partial charge is 0.482 e. The summed E-state index contributed by atoms with van der Waals surface area (Å²) in [6, 6.07) is 43.8. The first-order valence-corrected chi connectivity index (χ1v) is 14.7. The van der Waals surface area contributed by atoms with Gasteiger partial charge in [0.1, 0.15) is 11.4 Å². The molecule has 0 radical (unpaired) electrons. The number of carbonyl (C=O) groups is 1. The van der Waals surface area contributed by atoms with Gasteiger partial charge in [0.25, 0.3) is 0 Å². The first kappa shape index (κ1) is 26.0. The molecule has 3 nitrogen and oxygen atoms in total. The summed E-state index contributed by atoms with van der Waals surface area (Å²) in [5.41, 5.74) is 5.27. The first-order chi connectivity index (χ1) is 19.5. The topological polar surface area (TPSA) is 35.5 Å². The second-order valence-electron chi connectivity index (χ2n) is 10.3. The van der Waals surface area contributed by atoms with Gasteiger partial charge in [0.2, 0.25) is 0 Å². The zero-order chi connectivity index (χ0) is 27.5. The molecule has 0 heterocycles. The fourth-order valence-corrected chi connectivity index (χ4v) is 7.51. The van der Waals surface area contributed by atoms with E-state index in [2.05, 4.69) is 97.1 Å². The monoisotopic (exact) mass is 543 g/mol. The maximum Gasteiger partial charge on any atom is 0.345 e. The van der Waals surface area contributed by atoms with E-state index in [0.29, 0.717) is 5.75 Å². The summed E-state index contributed by atoms with van der Waals surface area (Å²) in [4.78, 5) is 16.6. The van der Waals surface area contributed by atoms with E-state index < -0.39 is 11.6 Å². The van der Waals surface area contributed by atoms with Crippen LogP contribution in [0, 0.1) is 0 Å². The molecule has 0 aromatic heterocycles. The van der Waals surface area contributed by atoms with Crippen molar-refractivity contribution in [2.75, 3.05) is 6.61 Å². The van der Waals surface area contributed by atoms with Crippen LogP contribution in [-0.2, 0) is 32.4 Å². The molecule has 0 bridgehead atoms. The Morgan fingerprint density at radius 3 is 1.93 bits per heavy atom. The van der Waals surface area contributed by atoms with Crippen LogP contribution in [0.25, 0.3) is 11.1 Å². The second-order valence-corrected chi connectivity index (χ2v) is 12.4. The third-order valence-electron chi connectivity index (χ3n) is 7.24. The fraction of sp³-hybridized carbons (Fsp3) is 0.139. The second kappa shape index (κ2) is 11.1. The maximum absolute atomic E-state index is 12.9. The van der Waals surface area contributed by atoms with Crippen LogP contribution in [0.5, 0.6) is 5.75 Å². The molecule has 0 atom stereocenters. The molecule has 40 heavy (non-hydrogen) atoms. The van der Waals surface area contributed by atoms with Crippen LogP contribution in [0.1, 0.15) is 30.5 Å². The normalized spacial score (nSPS) is 12.1. The minimum atomic E-state index is -0.780. The van der Waals surface area contributed by atoms with Crippen molar-refractivity contribution in [3.05, 3.63) is 144 Å². The molecule has 0 saturated heterocycles. The van der Waals surface area contributed by atoms with Gasteiger partial charge in [-0.15, -0.1) is 0 Å². The number of carbonyl (C=O) groups excluding carboxylic acids is 1. The van der Waals surface area contributed by atoms with Crippen molar-refractivity contribution in [3.8, 4) is 16.9 Å². The fourth-order valence-electron chi connectivity index (χ4n) is 5.43. The van der Waals surface area contributed by atoms with E-state index in [1.807, 2.05) is 44.2 Å². The zero-order valence-electron chi connectivity index (χ0n) is 22.7. The zero-order valence-corrected chi connectivity index (χ0v) is 23.5. The SMILES string of the molecule is CC(C)(OC(=O)COc1ccc([S+](c2ccccc2)c2ccccc2)cc1)c1cccc2c1Cc1ccccc1-2. The van der Waals surface area contributed by atoms with Gasteiger partial charge >= 0.3 is 5.97 Å². The molecule has 1 aliphatic rings. The van der Waals surface area contributed by atoms with E-state index in [0.717, 1.165) is 12.0 Å². The summed E-state index contributed by atoms with van der Waals surface area (Å²) in [6.07, 6.45) is 0.846.